The second-order valence-corrected chi connectivity index (χ2v) is 2.83. The Morgan fingerprint density at radius 1 is 1.08 bits per heavy atom. The fraction of sp³-hybridized carbons (Fsp3) is 0.300. The van der Waals surface area contributed by atoms with Gasteiger partial charge in [0.15, 0.2) is 11.5 Å². The fourth-order valence-corrected chi connectivity index (χ4v) is 1.21. The summed E-state index contributed by atoms with van der Waals surface area (Å²) in [6, 6.07) is 5.73. The van der Waals surface area contributed by atoms with Gasteiger partial charge in [-0.1, -0.05) is 6.07 Å². The maximum Gasteiger partial charge on any atom is 0.161 e. The average molecular weight is 163 g/mol. The van der Waals surface area contributed by atoms with Crippen LogP contribution >= 0.6 is 0 Å². The zero-order valence-corrected chi connectivity index (χ0v) is 6.88. The summed E-state index contributed by atoms with van der Waals surface area (Å²) >= 11 is 0. The van der Waals surface area contributed by atoms with Gasteiger partial charge in [-0.2, -0.15) is 0 Å². The monoisotopic (exact) mass is 163 g/mol. The number of benzene rings is 1. The minimum Gasteiger partial charge on any atom is -0.490 e. The van der Waals surface area contributed by atoms with E-state index < -0.39 is 0 Å². The molecule has 1 heterocycles. The molecule has 1 radical (unpaired) electrons. The Balaban J connectivity index is 2.36. The molecule has 0 aromatic heterocycles. The first-order valence-electron chi connectivity index (χ1n) is 4.08. The molecule has 0 N–H and O–H groups in total. The van der Waals surface area contributed by atoms with E-state index in [1.54, 1.807) is 0 Å². The van der Waals surface area contributed by atoms with Crippen molar-refractivity contribution in [2.75, 3.05) is 13.2 Å². The maximum atomic E-state index is 5.46. The van der Waals surface area contributed by atoms with Crippen LogP contribution in [0.25, 0.3) is 0 Å². The van der Waals surface area contributed by atoms with Crippen molar-refractivity contribution in [2.45, 2.75) is 6.42 Å². The van der Waals surface area contributed by atoms with Crippen molar-refractivity contribution in [3.05, 3.63) is 30.7 Å². The molecule has 63 valence electrons. The highest BCUT2D eigenvalue weighted by Gasteiger charge is 2.08. The van der Waals surface area contributed by atoms with E-state index in [0.29, 0.717) is 0 Å². The lowest BCUT2D eigenvalue weighted by Crippen LogP contribution is -1.97. The second-order valence-electron chi connectivity index (χ2n) is 2.83. The van der Waals surface area contributed by atoms with Crippen molar-refractivity contribution >= 4 is 0 Å². The Bertz CT molecular complexity index is 281. The van der Waals surface area contributed by atoms with Gasteiger partial charge in [-0.3, -0.25) is 0 Å². The maximum absolute atomic E-state index is 5.46. The largest absolute Gasteiger partial charge is 0.490 e. The zero-order valence-electron chi connectivity index (χ0n) is 6.88. The lowest BCUT2D eigenvalue weighted by molar-refractivity contribution is 0.297. The fourth-order valence-electron chi connectivity index (χ4n) is 1.21. The van der Waals surface area contributed by atoms with Gasteiger partial charge in [0, 0.05) is 6.42 Å². The first-order valence-corrected chi connectivity index (χ1v) is 4.08. The molecule has 1 aromatic carbocycles. The summed E-state index contributed by atoms with van der Waals surface area (Å²) in [5, 5.41) is 0. The Hall–Kier alpha value is -1.18. The highest BCUT2D eigenvalue weighted by atomic mass is 16.5. The first-order chi connectivity index (χ1) is 5.86. The van der Waals surface area contributed by atoms with Crippen molar-refractivity contribution in [3.8, 4) is 11.5 Å². The molecule has 0 atom stereocenters. The molecule has 1 aliphatic heterocycles. The molecule has 0 bridgehead atoms. The van der Waals surface area contributed by atoms with Crippen molar-refractivity contribution in [2.24, 2.45) is 0 Å². The zero-order chi connectivity index (χ0) is 8.39. The molecule has 12 heavy (non-hydrogen) atoms. The van der Waals surface area contributed by atoms with E-state index >= 15 is 0 Å². The predicted molar refractivity (Wildman–Crippen MR) is 46.5 cm³/mol. The summed E-state index contributed by atoms with van der Waals surface area (Å²) in [6.07, 6.45) is 0.946. The molecule has 0 unspecified atom stereocenters. The molecular formula is C10H11O2. The van der Waals surface area contributed by atoms with E-state index in [1.807, 2.05) is 18.2 Å². The minimum absolute atomic E-state index is 0.733. The molecule has 0 saturated heterocycles. The molecule has 0 spiro atoms. The summed E-state index contributed by atoms with van der Waals surface area (Å²) in [5.74, 6) is 1.65. The Kier molecular flexibility index (Phi) is 1.90. The van der Waals surface area contributed by atoms with Crippen LogP contribution in [0.3, 0.4) is 0 Å². The van der Waals surface area contributed by atoms with E-state index in [2.05, 4.69) is 6.92 Å². The summed E-state index contributed by atoms with van der Waals surface area (Å²) in [5.41, 5.74) is 0.958. The molecular weight excluding hydrogens is 152 g/mol. The van der Waals surface area contributed by atoms with Crippen molar-refractivity contribution in [1.82, 2.24) is 0 Å². The first kappa shape index (κ1) is 7.47. The van der Waals surface area contributed by atoms with Crippen LogP contribution in [-0.4, -0.2) is 13.2 Å². The van der Waals surface area contributed by atoms with Crippen LogP contribution in [0.1, 0.15) is 12.0 Å². The molecule has 0 fully saturated rings. The topological polar surface area (TPSA) is 18.5 Å². The third-order valence-corrected chi connectivity index (χ3v) is 1.81. The second kappa shape index (κ2) is 3.05. The van der Waals surface area contributed by atoms with Crippen LogP contribution < -0.4 is 9.47 Å². The van der Waals surface area contributed by atoms with E-state index in [0.717, 1.165) is 36.7 Å². The lowest BCUT2D eigenvalue weighted by atomic mass is 10.2. The van der Waals surface area contributed by atoms with E-state index in [1.165, 1.54) is 0 Å². The summed E-state index contributed by atoms with van der Waals surface area (Å²) in [6.45, 7) is 5.30. The van der Waals surface area contributed by atoms with Crippen LogP contribution in [0, 0.1) is 6.92 Å². The van der Waals surface area contributed by atoms with Gasteiger partial charge in [-0.15, -0.1) is 0 Å². The molecule has 2 nitrogen and oxygen atoms in total. The van der Waals surface area contributed by atoms with Gasteiger partial charge in [0.05, 0.1) is 13.2 Å². The predicted octanol–water partition coefficient (Wildman–Crippen LogP) is 2.03. The Labute approximate surface area is 72.1 Å². The Morgan fingerprint density at radius 2 is 1.83 bits per heavy atom. The summed E-state index contributed by atoms with van der Waals surface area (Å²) in [7, 11) is 0. The Morgan fingerprint density at radius 3 is 2.67 bits per heavy atom. The van der Waals surface area contributed by atoms with Gasteiger partial charge in [0.2, 0.25) is 0 Å². The van der Waals surface area contributed by atoms with Crippen molar-refractivity contribution in [1.29, 1.82) is 0 Å². The standard InChI is InChI=1S/C10H11O2/c1-8-3-4-9-10(7-8)12-6-2-5-11-9/h3-4,7H,1-2,5-6H2. The van der Waals surface area contributed by atoms with Crippen LogP contribution in [-0.2, 0) is 0 Å². The number of hydrogen-bond donors (Lipinski definition) is 0. The van der Waals surface area contributed by atoms with Gasteiger partial charge in [0.25, 0.3) is 0 Å². The smallest absolute Gasteiger partial charge is 0.161 e. The van der Waals surface area contributed by atoms with Gasteiger partial charge in [-0.05, 0) is 24.6 Å². The van der Waals surface area contributed by atoms with Gasteiger partial charge in [-0.25, -0.2) is 0 Å². The van der Waals surface area contributed by atoms with Crippen LogP contribution in [0.4, 0.5) is 0 Å². The minimum atomic E-state index is 0.733. The molecule has 2 heteroatoms. The summed E-state index contributed by atoms with van der Waals surface area (Å²) in [4.78, 5) is 0. The van der Waals surface area contributed by atoms with Crippen molar-refractivity contribution < 1.29 is 9.47 Å². The van der Waals surface area contributed by atoms with Crippen molar-refractivity contribution in [3.63, 3.8) is 0 Å². The van der Waals surface area contributed by atoms with E-state index in [-0.39, 0.29) is 0 Å². The number of hydrogen-bond acceptors (Lipinski definition) is 2. The quantitative estimate of drug-likeness (QED) is 0.582. The van der Waals surface area contributed by atoms with Gasteiger partial charge in [0.1, 0.15) is 0 Å². The van der Waals surface area contributed by atoms with Crippen LogP contribution in [0.2, 0.25) is 0 Å². The number of fused-ring (bicyclic) bond motifs is 1. The lowest BCUT2D eigenvalue weighted by Gasteiger charge is -2.06. The van der Waals surface area contributed by atoms with Crippen LogP contribution in [0.15, 0.2) is 18.2 Å². The third-order valence-electron chi connectivity index (χ3n) is 1.81. The van der Waals surface area contributed by atoms with E-state index in [4.69, 9.17) is 9.47 Å². The van der Waals surface area contributed by atoms with Gasteiger partial charge >= 0.3 is 0 Å². The molecule has 0 amide bonds. The molecule has 1 aliphatic rings. The molecule has 1 aromatic rings. The normalized spacial score (nSPS) is 15.4. The van der Waals surface area contributed by atoms with E-state index in [9.17, 15) is 0 Å². The molecule has 0 saturated carbocycles. The molecule has 0 aliphatic carbocycles. The number of rotatable bonds is 0. The van der Waals surface area contributed by atoms with Crippen LogP contribution in [0.5, 0.6) is 11.5 Å². The third kappa shape index (κ3) is 1.37. The number of ether oxygens (including phenoxy) is 2. The summed E-state index contributed by atoms with van der Waals surface area (Å²) < 4.78 is 10.9. The van der Waals surface area contributed by atoms with Gasteiger partial charge < -0.3 is 9.47 Å². The SMILES string of the molecule is [CH2]c1ccc2c(c1)OCCCO2. The molecule has 2 rings (SSSR count). The highest BCUT2D eigenvalue weighted by molar-refractivity contribution is 5.44. The highest BCUT2D eigenvalue weighted by Crippen LogP contribution is 2.29. The average Bonchev–Trinajstić information content (AvgIpc) is 2.28.